The van der Waals surface area contributed by atoms with E-state index >= 15 is 0 Å². The molecule has 4 aromatic rings. The first-order chi connectivity index (χ1) is 14.2. The van der Waals surface area contributed by atoms with Gasteiger partial charge in [0.2, 0.25) is 0 Å². The highest BCUT2D eigenvalue weighted by Crippen LogP contribution is 2.26. The lowest BCUT2D eigenvalue weighted by atomic mass is 10.1. The second-order valence-corrected chi connectivity index (χ2v) is 7.28. The molecular formula is C23H22N4O2. The van der Waals surface area contributed by atoms with E-state index in [1.807, 2.05) is 41.4 Å². The zero-order chi connectivity index (χ0) is 19.8. The van der Waals surface area contributed by atoms with Gasteiger partial charge in [-0.25, -0.2) is 4.68 Å². The maximum Gasteiger partial charge on any atom is 0.274 e. The van der Waals surface area contributed by atoms with E-state index in [1.54, 1.807) is 17.9 Å². The summed E-state index contributed by atoms with van der Waals surface area (Å²) in [6, 6.07) is 18.0. The summed E-state index contributed by atoms with van der Waals surface area (Å²) in [5.74, 6) is 1.73. The second-order valence-electron chi connectivity index (χ2n) is 7.28. The molecule has 1 amide bonds. The maximum atomic E-state index is 12.6. The lowest BCUT2D eigenvalue weighted by Crippen LogP contribution is -2.28. The van der Waals surface area contributed by atoms with Crippen LogP contribution in [0.25, 0.3) is 22.5 Å². The normalized spacial score (nSPS) is 13.9. The molecule has 0 spiro atoms. The fourth-order valence-corrected chi connectivity index (χ4v) is 3.89. The molecule has 29 heavy (non-hydrogen) atoms. The molecule has 0 saturated carbocycles. The largest absolute Gasteiger partial charge is 0.497 e. The fourth-order valence-electron chi connectivity index (χ4n) is 3.89. The lowest BCUT2D eigenvalue weighted by molar-refractivity contribution is 0.0786. The summed E-state index contributed by atoms with van der Waals surface area (Å²) in [5, 5.41) is 4.56. The summed E-state index contributed by atoms with van der Waals surface area (Å²) >= 11 is 0. The molecule has 146 valence electrons. The zero-order valence-electron chi connectivity index (χ0n) is 16.3. The molecule has 4 heterocycles. The Morgan fingerprint density at radius 1 is 1.00 bits per heavy atom. The molecule has 0 radical (unpaired) electrons. The molecule has 1 aliphatic rings. The highest BCUT2D eigenvalue weighted by Gasteiger charge is 2.21. The number of pyridine rings is 1. The topological polar surface area (TPSA) is 51.8 Å². The number of carbonyl (C=O) groups excluding carboxylic acids is 1. The molecule has 1 aromatic carbocycles. The van der Waals surface area contributed by atoms with Crippen LogP contribution in [0.3, 0.4) is 0 Å². The number of benzene rings is 1. The molecule has 5 rings (SSSR count). The van der Waals surface area contributed by atoms with Crippen molar-refractivity contribution >= 4 is 11.4 Å². The number of hydrogen-bond acceptors (Lipinski definition) is 3. The smallest absolute Gasteiger partial charge is 0.274 e. The minimum absolute atomic E-state index is 0.0131. The Morgan fingerprint density at radius 2 is 1.83 bits per heavy atom. The standard InChI is InChI=1S/C23H22N4O2/c1-29-20-6-4-5-17(15-20)18-7-8-19-9-10-22(26(19)16-18)27-14-11-21(24-27)23(28)25-12-2-3-13-25/h4-11,14-16H,2-3,12-13H2,1H3. The van der Waals surface area contributed by atoms with E-state index in [4.69, 9.17) is 4.74 Å². The molecule has 6 heteroatoms. The van der Waals surface area contributed by atoms with E-state index < -0.39 is 0 Å². The van der Waals surface area contributed by atoms with Crippen molar-refractivity contribution in [3.63, 3.8) is 0 Å². The minimum atomic E-state index is 0.0131. The van der Waals surface area contributed by atoms with Gasteiger partial charge >= 0.3 is 0 Å². The first-order valence-corrected chi connectivity index (χ1v) is 9.84. The highest BCUT2D eigenvalue weighted by molar-refractivity contribution is 5.92. The van der Waals surface area contributed by atoms with Crippen LogP contribution in [0.2, 0.25) is 0 Å². The third kappa shape index (κ3) is 3.16. The van der Waals surface area contributed by atoms with Crippen molar-refractivity contribution in [3.8, 4) is 22.7 Å². The first-order valence-electron chi connectivity index (χ1n) is 9.84. The molecule has 6 nitrogen and oxygen atoms in total. The number of hydrogen-bond donors (Lipinski definition) is 0. The van der Waals surface area contributed by atoms with E-state index in [1.165, 1.54) is 0 Å². The van der Waals surface area contributed by atoms with Crippen LogP contribution in [0.4, 0.5) is 0 Å². The van der Waals surface area contributed by atoms with Crippen LogP contribution in [-0.4, -0.2) is 45.2 Å². The maximum absolute atomic E-state index is 12.6. The molecule has 1 saturated heterocycles. The van der Waals surface area contributed by atoms with E-state index in [0.717, 1.165) is 54.1 Å². The summed E-state index contributed by atoms with van der Waals surface area (Å²) in [6.45, 7) is 1.65. The second kappa shape index (κ2) is 7.13. The molecule has 1 aliphatic heterocycles. The molecule has 1 fully saturated rings. The Morgan fingerprint density at radius 3 is 2.66 bits per heavy atom. The van der Waals surface area contributed by atoms with Crippen molar-refractivity contribution in [2.24, 2.45) is 0 Å². The average Bonchev–Trinajstić information content (AvgIpc) is 3.53. The van der Waals surface area contributed by atoms with Crippen molar-refractivity contribution in [1.82, 2.24) is 19.1 Å². The van der Waals surface area contributed by atoms with E-state index in [-0.39, 0.29) is 5.91 Å². The number of carbonyl (C=O) groups is 1. The molecule has 3 aromatic heterocycles. The van der Waals surface area contributed by atoms with Crippen LogP contribution >= 0.6 is 0 Å². The van der Waals surface area contributed by atoms with Gasteiger partial charge in [-0.05, 0) is 60.4 Å². The lowest BCUT2D eigenvalue weighted by Gasteiger charge is -2.12. The van der Waals surface area contributed by atoms with Crippen molar-refractivity contribution < 1.29 is 9.53 Å². The van der Waals surface area contributed by atoms with Crippen LogP contribution in [-0.2, 0) is 0 Å². The van der Waals surface area contributed by atoms with Gasteiger partial charge < -0.3 is 14.0 Å². The van der Waals surface area contributed by atoms with Crippen LogP contribution < -0.4 is 4.74 Å². The number of ether oxygens (including phenoxy) is 1. The summed E-state index contributed by atoms with van der Waals surface area (Å²) in [6.07, 6.45) is 6.08. The minimum Gasteiger partial charge on any atom is -0.497 e. The Kier molecular flexibility index (Phi) is 4.31. The summed E-state index contributed by atoms with van der Waals surface area (Å²) < 4.78 is 9.21. The van der Waals surface area contributed by atoms with Gasteiger partial charge in [-0.2, -0.15) is 5.10 Å². The molecular weight excluding hydrogens is 364 g/mol. The predicted molar refractivity (Wildman–Crippen MR) is 112 cm³/mol. The zero-order valence-corrected chi connectivity index (χ0v) is 16.3. The summed E-state index contributed by atoms with van der Waals surface area (Å²) in [7, 11) is 1.67. The van der Waals surface area contributed by atoms with E-state index in [0.29, 0.717) is 5.69 Å². The van der Waals surface area contributed by atoms with Gasteiger partial charge in [0.05, 0.1) is 7.11 Å². The number of fused-ring (bicyclic) bond motifs is 1. The van der Waals surface area contributed by atoms with Crippen molar-refractivity contribution in [1.29, 1.82) is 0 Å². The van der Waals surface area contributed by atoms with E-state index in [2.05, 4.69) is 33.9 Å². The Balaban J connectivity index is 1.51. The van der Waals surface area contributed by atoms with Crippen LogP contribution in [0.15, 0.2) is 67.0 Å². The van der Waals surface area contributed by atoms with Gasteiger partial charge in [0.15, 0.2) is 5.69 Å². The van der Waals surface area contributed by atoms with Crippen LogP contribution in [0.5, 0.6) is 5.75 Å². The number of nitrogens with zero attached hydrogens (tertiary/aromatic N) is 4. The monoisotopic (exact) mass is 386 g/mol. The molecule has 0 bridgehead atoms. The van der Waals surface area contributed by atoms with Crippen LogP contribution in [0, 0.1) is 0 Å². The van der Waals surface area contributed by atoms with Gasteiger partial charge in [0.1, 0.15) is 11.6 Å². The van der Waals surface area contributed by atoms with Gasteiger partial charge in [0, 0.05) is 31.0 Å². The Bertz CT molecular complexity index is 1180. The first kappa shape index (κ1) is 17.6. The third-order valence-electron chi connectivity index (χ3n) is 5.47. The van der Waals surface area contributed by atoms with Gasteiger partial charge in [-0.3, -0.25) is 4.79 Å². The average molecular weight is 386 g/mol. The molecule has 0 aliphatic carbocycles. The molecule has 0 atom stereocenters. The SMILES string of the molecule is COc1cccc(-c2ccc3ccc(-n4ccc(C(=O)N5CCCC5)n4)n3c2)c1. The quantitative estimate of drug-likeness (QED) is 0.532. The summed E-state index contributed by atoms with van der Waals surface area (Å²) in [5.41, 5.74) is 3.71. The predicted octanol–water partition coefficient (Wildman–Crippen LogP) is 4.04. The van der Waals surface area contributed by atoms with Crippen molar-refractivity contribution in [2.75, 3.05) is 20.2 Å². The van der Waals surface area contributed by atoms with Crippen LogP contribution in [0.1, 0.15) is 23.3 Å². The Labute approximate surface area is 168 Å². The number of aromatic nitrogens is 3. The third-order valence-corrected chi connectivity index (χ3v) is 5.47. The van der Waals surface area contributed by atoms with Gasteiger partial charge in [-0.1, -0.05) is 18.2 Å². The number of rotatable bonds is 4. The summed E-state index contributed by atoms with van der Waals surface area (Å²) in [4.78, 5) is 14.5. The highest BCUT2D eigenvalue weighted by atomic mass is 16.5. The number of methoxy groups -OCH3 is 1. The number of amides is 1. The van der Waals surface area contributed by atoms with Crippen molar-refractivity contribution in [3.05, 3.63) is 72.7 Å². The van der Waals surface area contributed by atoms with E-state index in [9.17, 15) is 4.79 Å². The molecule has 0 unspecified atom stereocenters. The fraction of sp³-hybridized carbons (Fsp3) is 0.217. The van der Waals surface area contributed by atoms with Gasteiger partial charge in [0.25, 0.3) is 5.91 Å². The number of likely N-dealkylation sites (tertiary alicyclic amines) is 1. The molecule has 0 N–H and O–H groups in total. The Hall–Kier alpha value is -3.54. The van der Waals surface area contributed by atoms with Gasteiger partial charge in [-0.15, -0.1) is 0 Å². The van der Waals surface area contributed by atoms with Crippen molar-refractivity contribution in [2.45, 2.75) is 12.8 Å².